The van der Waals surface area contributed by atoms with Crippen molar-refractivity contribution in [3.63, 3.8) is 0 Å². The SMILES string of the molecule is [N-]=[N+]=NCC1COCC1CN=[N+]=[N-]. The Bertz CT molecular complexity index is 228. The van der Waals surface area contributed by atoms with Crippen LogP contribution in [0.2, 0.25) is 0 Å². The van der Waals surface area contributed by atoms with Gasteiger partial charge in [0.1, 0.15) is 0 Å². The topological polar surface area (TPSA) is 107 Å². The lowest BCUT2D eigenvalue weighted by atomic mass is 9.97. The third-order valence-corrected chi connectivity index (χ3v) is 2.09. The molecule has 1 fully saturated rings. The highest BCUT2D eigenvalue weighted by Gasteiger charge is 2.26. The van der Waals surface area contributed by atoms with Crippen molar-refractivity contribution in [3.05, 3.63) is 20.9 Å². The molecule has 1 aliphatic rings. The van der Waals surface area contributed by atoms with Crippen LogP contribution in [0.15, 0.2) is 10.2 Å². The van der Waals surface area contributed by atoms with Gasteiger partial charge in [-0.15, -0.1) is 0 Å². The molecule has 0 amide bonds. The lowest BCUT2D eigenvalue weighted by molar-refractivity contribution is 0.181. The van der Waals surface area contributed by atoms with E-state index < -0.39 is 0 Å². The molecule has 0 radical (unpaired) electrons. The number of hydrogen-bond donors (Lipinski definition) is 0. The average molecular weight is 182 g/mol. The van der Waals surface area contributed by atoms with Gasteiger partial charge in [0.2, 0.25) is 0 Å². The molecule has 0 aromatic rings. The maximum absolute atomic E-state index is 8.12. The third-order valence-electron chi connectivity index (χ3n) is 2.09. The lowest BCUT2D eigenvalue weighted by Gasteiger charge is -2.11. The Kier molecular flexibility index (Phi) is 3.92. The molecule has 0 bridgehead atoms. The standard InChI is InChI=1S/C6H10N6O/c7-11-9-1-5-3-13-4-6(5)2-10-12-8/h5-6H,1-4H2. The summed E-state index contributed by atoms with van der Waals surface area (Å²) in [5.41, 5.74) is 16.2. The quantitative estimate of drug-likeness (QED) is 0.369. The molecule has 0 aromatic heterocycles. The van der Waals surface area contributed by atoms with E-state index in [1.807, 2.05) is 0 Å². The predicted molar refractivity (Wildman–Crippen MR) is 45.8 cm³/mol. The summed E-state index contributed by atoms with van der Waals surface area (Å²) in [6.45, 7) is 2.01. The fourth-order valence-corrected chi connectivity index (χ4v) is 1.33. The molecule has 1 saturated heterocycles. The highest BCUT2D eigenvalue weighted by molar-refractivity contribution is 4.78. The first-order valence-corrected chi connectivity index (χ1v) is 3.98. The highest BCUT2D eigenvalue weighted by atomic mass is 16.5. The van der Waals surface area contributed by atoms with Crippen molar-refractivity contribution in [1.29, 1.82) is 0 Å². The van der Waals surface area contributed by atoms with Gasteiger partial charge < -0.3 is 4.74 Å². The molecule has 1 heterocycles. The molecule has 1 rings (SSSR count). The van der Waals surface area contributed by atoms with Gasteiger partial charge in [-0.2, -0.15) is 0 Å². The Labute approximate surface area is 74.9 Å². The van der Waals surface area contributed by atoms with E-state index >= 15 is 0 Å². The maximum atomic E-state index is 8.12. The Hall–Kier alpha value is -1.42. The minimum atomic E-state index is 0.196. The smallest absolute Gasteiger partial charge is 0.0499 e. The summed E-state index contributed by atoms with van der Waals surface area (Å²) in [6, 6.07) is 0. The monoisotopic (exact) mass is 182 g/mol. The minimum Gasteiger partial charge on any atom is -0.381 e. The molecule has 0 N–H and O–H groups in total. The van der Waals surface area contributed by atoms with E-state index in [1.165, 1.54) is 0 Å². The van der Waals surface area contributed by atoms with Crippen LogP contribution in [-0.4, -0.2) is 26.3 Å². The minimum absolute atomic E-state index is 0.196. The van der Waals surface area contributed by atoms with E-state index in [2.05, 4.69) is 20.1 Å². The van der Waals surface area contributed by atoms with Gasteiger partial charge in [-0.1, -0.05) is 10.2 Å². The van der Waals surface area contributed by atoms with Crippen molar-refractivity contribution in [3.8, 4) is 0 Å². The molecular weight excluding hydrogens is 172 g/mol. The number of nitrogens with zero attached hydrogens (tertiary/aromatic N) is 6. The number of ether oxygens (including phenoxy) is 1. The van der Waals surface area contributed by atoms with Crippen molar-refractivity contribution < 1.29 is 4.74 Å². The van der Waals surface area contributed by atoms with Gasteiger partial charge in [0.15, 0.2) is 0 Å². The molecule has 7 heteroatoms. The van der Waals surface area contributed by atoms with Crippen molar-refractivity contribution in [2.75, 3.05) is 26.3 Å². The van der Waals surface area contributed by atoms with Crippen LogP contribution in [-0.2, 0) is 4.74 Å². The molecule has 13 heavy (non-hydrogen) atoms. The highest BCUT2D eigenvalue weighted by Crippen LogP contribution is 2.21. The molecule has 2 unspecified atom stereocenters. The molecule has 0 aromatic carbocycles. The van der Waals surface area contributed by atoms with Gasteiger partial charge in [0.25, 0.3) is 0 Å². The van der Waals surface area contributed by atoms with E-state index in [4.69, 9.17) is 15.8 Å². The van der Waals surface area contributed by atoms with E-state index in [-0.39, 0.29) is 11.8 Å². The second-order valence-electron chi connectivity index (χ2n) is 2.88. The van der Waals surface area contributed by atoms with Gasteiger partial charge in [-0.25, -0.2) is 0 Å². The third kappa shape index (κ3) is 2.83. The second kappa shape index (κ2) is 5.27. The maximum Gasteiger partial charge on any atom is 0.0499 e. The molecule has 0 saturated carbocycles. The molecule has 0 aliphatic carbocycles. The predicted octanol–water partition coefficient (Wildman–Crippen LogP) is 1.87. The Morgan fingerprint density at radius 1 is 1.08 bits per heavy atom. The van der Waals surface area contributed by atoms with Crippen LogP contribution in [0, 0.1) is 11.8 Å². The summed E-state index contributed by atoms with van der Waals surface area (Å²) < 4.78 is 5.20. The van der Waals surface area contributed by atoms with E-state index in [0.717, 1.165) is 0 Å². The summed E-state index contributed by atoms with van der Waals surface area (Å²) in [4.78, 5) is 5.36. The van der Waals surface area contributed by atoms with E-state index in [9.17, 15) is 0 Å². The van der Waals surface area contributed by atoms with Crippen LogP contribution in [0.1, 0.15) is 0 Å². The van der Waals surface area contributed by atoms with Crippen LogP contribution < -0.4 is 0 Å². The zero-order chi connectivity index (χ0) is 9.52. The summed E-state index contributed by atoms with van der Waals surface area (Å²) in [5, 5.41) is 6.96. The summed E-state index contributed by atoms with van der Waals surface area (Å²) >= 11 is 0. The summed E-state index contributed by atoms with van der Waals surface area (Å²) in [6.07, 6.45) is 0. The molecular formula is C6H10N6O. The molecule has 7 nitrogen and oxygen atoms in total. The van der Waals surface area contributed by atoms with Crippen molar-refractivity contribution in [2.45, 2.75) is 0 Å². The molecule has 0 spiro atoms. The fourth-order valence-electron chi connectivity index (χ4n) is 1.33. The normalized spacial score (nSPS) is 26.2. The van der Waals surface area contributed by atoms with Crippen LogP contribution in [0.3, 0.4) is 0 Å². The van der Waals surface area contributed by atoms with Gasteiger partial charge in [-0.05, 0) is 22.9 Å². The van der Waals surface area contributed by atoms with Crippen LogP contribution in [0.4, 0.5) is 0 Å². The van der Waals surface area contributed by atoms with Gasteiger partial charge >= 0.3 is 0 Å². The zero-order valence-corrected chi connectivity index (χ0v) is 7.07. The van der Waals surface area contributed by atoms with Crippen molar-refractivity contribution in [1.82, 2.24) is 0 Å². The fraction of sp³-hybridized carbons (Fsp3) is 1.00. The van der Waals surface area contributed by atoms with Gasteiger partial charge in [0.05, 0.1) is 0 Å². The molecule has 1 aliphatic heterocycles. The molecule has 70 valence electrons. The summed E-state index contributed by atoms with van der Waals surface area (Å²) in [7, 11) is 0. The number of rotatable bonds is 4. The first-order chi connectivity index (χ1) is 6.38. The largest absolute Gasteiger partial charge is 0.381 e. The summed E-state index contributed by atoms with van der Waals surface area (Å²) in [5.74, 6) is 0.391. The second-order valence-corrected chi connectivity index (χ2v) is 2.88. The lowest BCUT2D eigenvalue weighted by Crippen LogP contribution is -2.17. The number of azide groups is 2. The number of hydrogen-bond acceptors (Lipinski definition) is 3. The van der Waals surface area contributed by atoms with Crippen LogP contribution >= 0.6 is 0 Å². The van der Waals surface area contributed by atoms with Gasteiger partial charge in [0, 0.05) is 36.1 Å². The van der Waals surface area contributed by atoms with Crippen LogP contribution in [0.25, 0.3) is 20.9 Å². The van der Waals surface area contributed by atoms with Crippen molar-refractivity contribution >= 4 is 0 Å². The molecule has 2 atom stereocenters. The first kappa shape index (κ1) is 9.67. The van der Waals surface area contributed by atoms with E-state index in [0.29, 0.717) is 26.3 Å². The Morgan fingerprint density at radius 3 is 1.92 bits per heavy atom. The zero-order valence-electron chi connectivity index (χ0n) is 7.07. The Morgan fingerprint density at radius 2 is 1.54 bits per heavy atom. The Balaban J connectivity index is 2.42. The van der Waals surface area contributed by atoms with Gasteiger partial charge in [-0.3, -0.25) is 0 Å². The van der Waals surface area contributed by atoms with Crippen LogP contribution in [0.5, 0.6) is 0 Å². The van der Waals surface area contributed by atoms with Crippen molar-refractivity contribution in [2.24, 2.45) is 22.1 Å². The average Bonchev–Trinajstić information content (AvgIpc) is 2.59. The first-order valence-electron chi connectivity index (χ1n) is 3.98. The van der Waals surface area contributed by atoms with E-state index in [1.54, 1.807) is 0 Å².